The van der Waals surface area contributed by atoms with Crippen molar-refractivity contribution in [1.82, 2.24) is 0 Å². The maximum Gasteiger partial charge on any atom is 0.346 e. The largest absolute Gasteiger partial charge is 0.458 e. The van der Waals surface area contributed by atoms with E-state index in [4.69, 9.17) is 11.3 Å². The Morgan fingerprint density at radius 1 is 1.10 bits per heavy atom. The molecule has 0 aromatic heterocycles. The maximum atomic E-state index is 14.6. The smallest absolute Gasteiger partial charge is 0.346 e. The highest BCUT2D eigenvalue weighted by Crippen LogP contribution is 2.67. The minimum atomic E-state index is -5.09. The molecule has 29 heavy (non-hydrogen) atoms. The number of rotatable bonds is 2. The number of hydrogen-bond donors (Lipinski definition) is 1. The van der Waals surface area contributed by atoms with Crippen LogP contribution in [-0.4, -0.2) is 17.2 Å². The van der Waals surface area contributed by atoms with Gasteiger partial charge in [0.05, 0.1) is 6.57 Å². The minimum absolute atomic E-state index is 0.204. The van der Waals surface area contributed by atoms with Crippen molar-refractivity contribution in [2.75, 3.05) is 0 Å². The number of hydrogen-bond acceptors (Lipinski definition) is 2. The number of aliphatic hydroxyl groups is 1. The molecule has 0 aliphatic heterocycles. The standard InChI is InChI=1S/C19H10F7NO2/c1-27-9-4-8(20)5-10(6-9)29-13-3-2-11-15-14(13)16(22)12(21)7-17(15,28)19(25,26)18(11,23)24/h2-6,12,16,28H,7H2. The molecule has 10 heteroatoms. The molecular formula is C19H10F7NO2. The molecule has 0 fully saturated rings. The highest BCUT2D eigenvalue weighted by molar-refractivity contribution is 5.59. The molecule has 1 N–H and O–H groups in total. The first-order valence-corrected chi connectivity index (χ1v) is 8.24. The lowest BCUT2D eigenvalue weighted by Gasteiger charge is -2.38. The third-order valence-corrected chi connectivity index (χ3v) is 5.17. The molecule has 2 aliphatic carbocycles. The molecule has 0 heterocycles. The fourth-order valence-electron chi connectivity index (χ4n) is 3.85. The summed E-state index contributed by atoms with van der Waals surface area (Å²) in [5.41, 5.74) is -7.30. The molecule has 3 unspecified atom stereocenters. The summed E-state index contributed by atoms with van der Waals surface area (Å²) in [6.45, 7) is 6.90. The number of ether oxygens (including phenoxy) is 1. The summed E-state index contributed by atoms with van der Waals surface area (Å²) in [4.78, 5) is 2.99. The Hall–Kier alpha value is -2.80. The van der Waals surface area contributed by atoms with Gasteiger partial charge in [0.15, 0.2) is 17.5 Å². The SMILES string of the molecule is [C-]#[N+]c1cc(F)cc(Oc2ccc3c4c2C(F)C(F)CC4(O)C(F)(F)C3(F)F)c1. The van der Waals surface area contributed by atoms with Gasteiger partial charge >= 0.3 is 11.8 Å². The summed E-state index contributed by atoms with van der Waals surface area (Å²) >= 11 is 0. The van der Waals surface area contributed by atoms with E-state index in [1.54, 1.807) is 0 Å². The number of nitrogens with zero attached hydrogens (tertiary/aromatic N) is 1. The predicted octanol–water partition coefficient (Wildman–Crippen LogP) is 5.85. The van der Waals surface area contributed by atoms with Crippen molar-refractivity contribution in [2.24, 2.45) is 0 Å². The van der Waals surface area contributed by atoms with Crippen LogP contribution < -0.4 is 4.74 Å². The zero-order valence-electron chi connectivity index (χ0n) is 14.2. The van der Waals surface area contributed by atoms with Crippen LogP contribution in [0.15, 0.2) is 30.3 Å². The van der Waals surface area contributed by atoms with Crippen molar-refractivity contribution in [1.29, 1.82) is 0 Å². The second-order valence-corrected chi connectivity index (χ2v) is 6.89. The molecule has 0 saturated carbocycles. The second-order valence-electron chi connectivity index (χ2n) is 6.89. The van der Waals surface area contributed by atoms with Crippen LogP contribution in [0.1, 0.15) is 29.3 Å². The van der Waals surface area contributed by atoms with Gasteiger partial charge in [-0.1, -0.05) is 0 Å². The van der Waals surface area contributed by atoms with Gasteiger partial charge < -0.3 is 9.84 Å². The summed E-state index contributed by atoms with van der Waals surface area (Å²) < 4.78 is 105. The van der Waals surface area contributed by atoms with E-state index in [0.717, 1.165) is 24.3 Å². The average molecular weight is 417 g/mol. The normalized spacial score (nSPS) is 28.5. The number of alkyl halides is 6. The van der Waals surface area contributed by atoms with Gasteiger partial charge in [-0.15, -0.1) is 0 Å². The summed E-state index contributed by atoms with van der Waals surface area (Å²) in [6, 6.07) is 3.93. The summed E-state index contributed by atoms with van der Waals surface area (Å²) in [5.74, 6) is -11.9. The van der Waals surface area contributed by atoms with Gasteiger partial charge in [-0.25, -0.2) is 18.0 Å². The third-order valence-electron chi connectivity index (χ3n) is 5.17. The zero-order valence-corrected chi connectivity index (χ0v) is 14.2. The van der Waals surface area contributed by atoms with Crippen LogP contribution in [0.4, 0.5) is 36.4 Å². The van der Waals surface area contributed by atoms with Crippen LogP contribution in [0.25, 0.3) is 4.85 Å². The molecule has 4 rings (SSSR count). The van der Waals surface area contributed by atoms with E-state index in [1.165, 1.54) is 0 Å². The Balaban J connectivity index is 1.94. The molecule has 0 radical (unpaired) electrons. The molecule has 0 amide bonds. The fraction of sp³-hybridized carbons (Fsp3) is 0.316. The average Bonchev–Trinajstić information content (AvgIpc) is 2.75. The lowest BCUT2D eigenvalue weighted by molar-refractivity contribution is -0.293. The highest BCUT2D eigenvalue weighted by atomic mass is 19.3. The summed E-state index contributed by atoms with van der Waals surface area (Å²) in [6.07, 6.45) is -6.92. The first-order valence-electron chi connectivity index (χ1n) is 8.24. The first kappa shape index (κ1) is 19.5. The van der Waals surface area contributed by atoms with E-state index in [-0.39, 0.29) is 11.4 Å². The molecule has 0 saturated heterocycles. The van der Waals surface area contributed by atoms with Gasteiger partial charge in [0.25, 0.3) is 0 Å². The first-order chi connectivity index (χ1) is 13.4. The Morgan fingerprint density at radius 2 is 1.79 bits per heavy atom. The van der Waals surface area contributed by atoms with Gasteiger partial charge in [-0.2, -0.15) is 17.6 Å². The topological polar surface area (TPSA) is 33.8 Å². The zero-order chi connectivity index (χ0) is 21.4. The van der Waals surface area contributed by atoms with Crippen LogP contribution in [0, 0.1) is 12.4 Å². The van der Waals surface area contributed by atoms with Gasteiger partial charge in [0.1, 0.15) is 23.5 Å². The van der Waals surface area contributed by atoms with Gasteiger partial charge in [-0.3, -0.25) is 0 Å². The monoisotopic (exact) mass is 417 g/mol. The van der Waals surface area contributed by atoms with Crippen LogP contribution >= 0.6 is 0 Å². The number of benzene rings is 2. The third kappa shape index (κ3) is 2.40. The van der Waals surface area contributed by atoms with E-state index in [2.05, 4.69) is 4.85 Å². The van der Waals surface area contributed by atoms with E-state index in [9.17, 15) is 35.8 Å². The predicted molar refractivity (Wildman–Crippen MR) is 85.3 cm³/mol. The van der Waals surface area contributed by atoms with E-state index in [0.29, 0.717) is 6.07 Å². The fourth-order valence-corrected chi connectivity index (χ4v) is 3.85. The Bertz CT molecular complexity index is 1070. The van der Waals surface area contributed by atoms with E-state index in [1.807, 2.05) is 0 Å². The van der Waals surface area contributed by atoms with Gasteiger partial charge in [-0.05, 0) is 24.3 Å². The van der Waals surface area contributed by atoms with Gasteiger partial charge in [0, 0.05) is 29.2 Å². The molecule has 0 spiro atoms. The Labute approximate surface area is 159 Å². The van der Waals surface area contributed by atoms with Crippen LogP contribution in [0.5, 0.6) is 11.5 Å². The lowest BCUT2D eigenvalue weighted by atomic mass is 9.77. The van der Waals surface area contributed by atoms with Crippen molar-refractivity contribution in [2.45, 2.75) is 36.2 Å². The highest BCUT2D eigenvalue weighted by Gasteiger charge is 2.78. The van der Waals surface area contributed by atoms with Crippen molar-refractivity contribution in [3.05, 3.63) is 64.3 Å². The van der Waals surface area contributed by atoms with Gasteiger partial charge in [0.2, 0.25) is 0 Å². The summed E-state index contributed by atoms with van der Waals surface area (Å²) in [7, 11) is 0. The van der Waals surface area contributed by atoms with Crippen molar-refractivity contribution >= 4 is 5.69 Å². The van der Waals surface area contributed by atoms with Crippen molar-refractivity contribution in [3.8, 4) is 11.5 Å². The molecule has 3 nitrogen and oxygen atoms in total. The van der Waals surface area contributed by atoms with Crippen molar-refractivity contribution < 1.29 is 40.6 Å². The molecule has 3 atom stereocenters. The Kier molecular flexibility index (Phi) is 3.94. The molecule has 0 bridgehead atoms. The second kappa shape index (κ2) is 5.86. The van der Waals surface area contributed by atoms with Crippen LogP contribution in [0.3, 0.4) is 0 Å². The Morgan fingerprint density at radius 3 is 2.45 bits per heavy atom. The van der Waals surface area contributed by atoms with E-state index >= 15 is 0 Å². The molecule has 152 valence electrons. The minimum Gasteiger partial charge on any atom is -0.458 e. The molecule has 2 aromatic carbocycles. The molecular weight excluding hydrogens is 407 g/mol. The maximum absolute atomic E-state index is 14.6. The van der Waals surface area contributed by atoms with Crippen LogP contribution in [0.2, 0.25) is 0 Å². The van der Waals surface area contributed by atoms with Crippen molar-refractivity contribution in [3.63, 3.8) is 0 Å². The van der Waals surface area contributed by atoms with E-state index < -0.39 is 64.5 Å². The lowest BCUT2D eigenvalue weighted by Crippen LogP contribution is -2.52. The number of halogens is 7. The summed E-state index contributed by atoms with van der Waals surface area (Å²) in [5, 5.41) is 10.4. The molecule has 2 aliphatic rings. The molecule has 2 aromatic rings. The van der Waals surface area contributed by atoms with Crippen LogP contribution in [-0.2, 0) is 11.5 Å². The quantitative estimate of drug-likeness (QED) is 0.491.